The first-order valence-electron chi connectivity index (χ1n) is 6.61. The molecule has 6 heteroatoms. The number of hydrogen-bond donors (Lipinski definition) is 2. The average molecular weight is 296 g/mol. The number of primary sulfonamides is 1. The molecule has 0 radical (unpaired) electrons. The lowest BCUT2D eigenvalue weighted by molar-refractivity contribution is 0.0936. The highest BCUT2D eigenvalue weighted by Crippen LogP contribution is 2.36. The molecule has 1 aliphatic carbocycles. The fourth-order valence-corrected chi connectivity index (χ4v) is 3.14. The molecule has 1 aromatic carbocycles. The van der Waals surface area contributed by atoms with Crippen LogP contribution in [0.1, 0.15) is 43.5 Å². The molecule has 1 unspecified atom stereocenters. The van der Waals surface area contributed by atoms with E-state index in [1.807, 2.05) is 0 Å². The van der Waals surface area contributed by atoms with Gasteiger partial charge >= 0.3 is 0 Å². The molecule has 0 saturated heterocycles. The molecule has 1 fully saturated rings. The number of nitrogens with two attached hydrogens (primary N) is 1. The minimum atomic E-state index is -3.71. The second kappa shape index (κ2) is 5.18. The van der Waals surface area contributed by atoms with E-state index in [2.05, 4.69) is 19.2 Å². The zero-order valence-corrected chi connectivity index (χ0v) is 12.5. The molecule has 2 rings (SSSR count). The highest BCUT2D eigenvalue weighted by atomic mass is 32.2. The van der Waals surface area contributed by atoms with Gasteiger partial charge in [0.15, 0.2) is 0 Å². The Morgan fingerprint density at radius 3 is 2.35 bits per heavy atom. The maximum Gasteiger partial charge on any atom is 0.251 e. The molecule has 0 aromatic heterocycles. The molecule has 1 amide bonds. The molecule has 0 heterocycles. The van der Waals surface area contributed by atoms with Crippen LogP contribution in [0.25, 0.3) is 0 Å². The third kappa shape index (κ3) is 3.58. The van der Waals surface area contributed by atoms with Gasteiger partial charge in [0.05, 0.1) is 4.90 Å². The summed E-state index contributed by atoms with van der Waals surface area (Å²) in [6.07, 6.45) is 3.05. The zero-order chi connectivity index (χ0) is 15.0. The zero-order valence-electron chi connectivity index (χ0n) is 11.7. The van der Waals surface area contributed by atoms with Gasteiger partial charge in [0.2, 0.25) is 10.0 Å². The lowest BCUT2D eigenvalue weighted by Crippen LogP contribution is -2.33. The first-order valence-corrected chi connectivity index (χ1v) is 8.16. The van der Waals surface area contributed by atoms with E-state index in [1.165, 1.54) is 24.3 Å². The summed E-state index contributed by atoms with van der Waals surface area (Å²) < 4.78 is 22.3. The Bertz CT molecular complexity index is 606. The van der Waals surface area contributed by atoms with Gasteiger partial charge in [-0.05, 0) is 48.9 Å². The molecule has 1 saturated carbocycles. The van der Waals surface area contributed by atoms with Crippen molar-refractivity contribution in [2.75, 3.05) is 0 Å². The predicted octanol–water partition coefficient (Wildman–Crippen LogP) is 1.64. The van der Waals surface area contributed by atoms with Crippen molar-refractivity contribution in [3.8, 4) is 0 Å². The molecule has 1 atom stereocenters. The molecule has 0 spiro atoms. The van der Waals surface area contributed by atoms with Crippen molar-refractivity contribution in [2.24, 2.45) is 10.6 Å². The summed E-state index contributed by atoms with van der Waals surface area (Å²) in [6, 6.07) is 5.85. The van der Waals surface area contributed by atoms with E-state index in [1.54, 1.807) is 0 Å². The smallest absolute Gasteiger partial charge is 0.251 e. The van der Waals surface area contributed by atoms with E-state index in [4.69, 9.17) is 5.14 Å². The summed E-state index contributed by atoms with van der Waals surface area (Å²) in [4.78, 5) is 12.1. The number of nitrogens with one attached hydrogen (secondary N) is 1. The van der Waals surface area contributed by atoms with Crippen molar-refractivity contribution >= 4 is 15.9 Å². The van der Waals surface area contributed by atoms with Gasteiger partial charge in [-0.1, -0.05) is 13.8 Å². The van der Waals surface area contributed by atoms with Gasteiger partial charge in [0, 0.05) is 11.6 Å². The van der Waals surface area contributed by atoms with E-state index in [0.29, 0.717) is 5.56 Å². The van der Waals surface area contributed by atoms with Crippen LogP contribution in [0.5, 0.6) is 0 Å². The Balaban J connectivity index is 2.03. The van der Waals surface area contributed by atoms with Crippen molar-refractivity contribution < 1.29 is 13.2 Å². The summed E-state index contributed by atoms with van der Waals surface area (Å²) >= 11 is 0. The largest absolute Gasteiger partial charge is 0.349 e. The molecular formula is C14H20N2O3S. The minimum absolute atomic E-state index is 0.0102. The lowest BCUT2D eigenvalue weighted by atomic mass is 9.92. The highest BCUT2D eigenvalue weighted by Gasteiger charge is 2.31. The monoisotopic (exact) mass is 296 g/mol. The molecule has 0 bridgehead atoms. The lowest BCUT2D eigenvalue weighted by Gasteiger charge is -2.17. The predicted molar refractivity (Wildman–Crippen MR) is 76.7 cm³/mol. The summed E-state index contributed by atoms with van der Waals surface area (Å²) in [6.45, 7) is 4.39. The number of hydrogen-bond acceptors (Lipinski definition) is 3. The van der Waals surface area contributed by atoms with Crippen molar-refractivity contribution in [1.29, 1.82) is 0 Å². The van der Waals surface area contributed by atoms with Gasteiger partial charge in [0.25, 0.3) is 5.91 Å². The number of carbonyl (C=O) groups is 1. The first-order chi connectivity index (χ1) is 9.17. The van der Waals surface area contributed by atoms with Crippen LogP contribution in [0.2, 0.25) is 0 Å². The van der Waals surface area contributed by atoms with Crippen LogP contribution in [0.3, 0.4) is 0 Å². The van der Waals surface area contributed by atoms with Gasteiger partial charge in [-0.25, -0.2) is 13.6 Å². The molecule has 3 N–H and O–H groups in total. The fraction of sp³-hybridized carbons (Fsp3) is 0.500. The van der Waals surface area contributed by atoms with Crippen LogP contribution < -0.4 is 10.5 Å². The molecule has 0 aliphatic heterocycles. The summed E-state index contributed by atoms with van der Waals surface area (Å²) in [5.41, 5.74) is 0.720. The number of carbonyl (C=O) groups excluding carboxylic acids is 1. The van der Waals surface area contributed by atoms with Crippen LogP contribution in [-0.2, 0) is 10.0 Å². The van der Waals surface area contributed by atoms with Crippen LogP contribution in [0.4, 0.5) is 0 Å². The van der Waals surface area contributed by atoms with Crippen molar-refractivity contribution in [3.63, 3.8) is 0 Å². The van der Waals surface area contributed by atoms with Crippen LogP contribution in [0, 0.1) is 5.41 Å². The quantitative estimate of drug-likeness (QED) is 0.888. The van der Waals surface area contributed by atoms with Gasteiger partial charge < -0.3 is 5.32 Å². The molecule has 5 nitrogen and oxygen atoms in total. The Kier molecular flexibility index (Phi) is 3.88. The molecule has 110 valence electrons. The van der Waals surface area contributed by atoms with Gasteiger partial charge in [-0.2, -0.15) is 0 Å². The minimum Gasteiger partial charge on any atom is -0.349 e. The molecule has 1 aromatic rings. The SMILES string of the molecule is CC1(C)CCC(NC(=O)c2ccc(S(N)(=O)=O)cc2)C1. The number of sulfonamides is 1. The summed E-state index contributed by atoms with van der Waals surface area (Å²) in [5, 5.41) is 8.01. The number of benzene rings is 1. The Labute approximate surface area is 119 Å². The van der Waals surface area contributed by atoms with Gasteiger partial charge in [0.1, 0.15) is 0 Å². The number of rotatable bonds is 3. The van der Waals surface area contributed by atoms with Crippen LogP contribution >= 0.6 is 0 Å². The third-order valence-electron chi connectivity index (χ3n) is 3.75. The van der Waals surface area contributed by atoms with Crippen LogP contribution in [-0.4, -0.2) is 20.4 Å². The maximum absolute atomic E-state index is 12.1. The second-order valence-corrected chi connectivity index (χ2v) is 7.71. The fourth-order valence-electron chi connectivity index (χ4n) is 2.62. The van der Waals surface area contributed by atoms with Gasteiger partial charge in [-0.3, -0.25) is 4.79 Å². The number of amides is 1. The first kappa shape index (κ1) is 15.0. The Hall–Kier alpha value is -1.40. The Morgan fingerprint density at radius 1 is 1.30 bits per heavy atom. The van der Waals surface area contributed by atoms with Crippen molar-refractivity contribution in [2.45, 2.75) is 44.0 Å². The summed E-state index contributed by atoms with van der Waals surface area (Å²) in [5.74, 6) is -0.173. The second-order valence-electron chi connectivity index (χ2n) is 6.15. The maximum atomic E-state index is 12.1. The van der Waals surface area contributed by atoms with E-state index in [0.717, 1.165) is 19.3 Å². The van der Waals surface area contributed by atoms with E-state index in [-0.39, 0.29) is 22.3 Å². The summed E-state index contributed by atoms with van der Waals surface area (Å²) in [7, 11) is -3.71. The highest BCUT2D eigenvalue weighted by molar-refractivity contribution is 7.89. The normalized spacial score (nSPS) is 21.6. The van der Waals surface area contributed by atoms with Crippen molar-refractivity contribution in [1.82, 2.24) is 5.32 Å². The van der Waals surface area contributed by atoms with E-state index < -0.39 is 10.0 Å². The molecule has 1 aliphatic rings. The average Bonchev–Trinajstić information content (AvgIpc) is 2.67. The van der Waals surface area contributed by atoms with Gasteiger partial charge in [-0.15, -0.1) is 0 Å². The van der Waals surface area contributed by atoms with Crippen molar-refractivity contribution in [3.05, 3.63) is 29.8 Å². The molecule has 20 heavy (non-hydrogen) atoms. The Morgan fingerprint density at radius 2 is 1.90 bits per heavy atom. The topological polar surface area (TPSA) is 89.3 Å². The van der Waals surface area contributed by atoms with E-state index >= 15 is 0 Å². The van der Waals surface area contributed by atoms with Crippen LogP contribution in [0.15, 0.2) is 29.2 Å². The standard InChI is InChI=1S/C14H20N2O3S/c1-14(2)8-7-11(9-14)16-13(17)10-3-5-12(6-4-10)20(15,18)19/h3-6,11H,7-9H2,1-2H3,(H,16,17)(H2,15,18,19). The van der Waals surface area contributed by atoms with E-state index in [9.17, 15) is 13.2 Å². The molecular weight excluding hydrogens is 276 g/mol. The third-order valence-corrected chi connectivity index (χ3v) is 4.68.